The maximum Gasteiger partial charge on any atom is 0.182 e. The molecule has 1 unspecified atom stereocenters. The molecule has 4 nitrogen and oxygen atoms in total. The Morgan fingerprint density at radius 1 is 1.23 bits per heavy atom. The summed E-state index contributed by atoms with van der Waals surface area (Å²) in [6, 6.07) is 15.0. The molecule has 1 heterocycles. The van der Waals surface area contributed by atoms with Crippen molar-refractivity contribution in [3.63, 3.8) is 0 Å². The average molecular weight is 296 g/mol. The number of nitrogens with zero attached hydrogens (tertiary/aromatic N) is 1. The fourth-order valence-corrected chi connectivity index (χ4v) is 2.77. The van der Waals surface area contributed by atoms with Gasteiger partial charge in [0.05, 0.1) is 18.8 Å². The lowest BCUT2D eigenvalue weighted by Crippen LogP contribution is -2.42. The van der Waals surface area contributed by atoms with E-state index < -0.39 is 0 Å². The van der Waals surface area contributed by atoms with Crippen molar-refractivity contribution in [1.82, 2.24) is 0 Å². The zero-order valence-corrected chi connectivity index (χ0v) is 12.7. The molecule has 4 heteroatoms. The molecular formula is C18H20N2O2. The third kappa shape index (κ3) is 2.77. The number of nitrogen functional groups attached to an aromatic ring is 1. The lowest BCUT2D eigenvalue weighted by Gasteiger charge is -2.36. The van der Waals surface area contributed by atoms with Crippen LogP contribution in [0.4, 0.5) is 11.4 Å². The van der Waals surface area contributed by atoms with Gasteiger partial charge in [-0.3, -0.25) is 4.79 Å². The average Bonchev–Trinajstić information content (AvgIpc) is 2.55. The Morgan fingerprint density at radius 2 is 2.00 bits per heavy atom. The minimum absolute atomic E-state index is 0.0814. The van der Waals surface area contributed by atoms with Gasteiger partial charge in [-0.15, -0.1) is 0 Å². The highest BCUT2D eigenvalue weighted by atomic mass is 16.5. The monoisotopic (exact) mass is 296 g/mol. The predicted molar refractivity (Wildman–Crippen MR) is 88.5 cm³/mol. The summed E-state index contributed by atoms with van der Waals surface area (Å²) in [5.74, 6) is 0.852. The highest BCUT2D eigenvalue weighted by Gasteiger charge is 2.27. The van der Waals surface area contributed by atoms with Gasteiger partial charge in [0.25, 0.3) is 0 Å². The van der Waals surface area contributed by atoms with E-state index in [0.717, 1.165) is 23.4 Å². The minimum atomic E-state index is 0.0814. The van der Waals surface area contributed by atoms with Crippen LogP contribution >= 0.6 is 0 Å². The molecule has 2 aromatic rings. The van der Waals surface area contributed by atoms with E-state index in [1.165, 1.54) is 0 Å². The molecule has 0 fully saturated rings. The molecule has 22 heavy (non-hydrogen) atoms. The summed E-state index contributed by atoms with van der Waals surface area (Å²) in [6.07, 6.45) is 0.974. The van der Waals surface area contributed by atoms with Crippen molar-refractivity contribution in [2.45, 2.75) is 19.4 Å². The van der Waals surface area contributed by atoms with Crippen LogP contribution in [-0.2, 0) is 0 Å². The Morgan fingerprint density at radius 3 is 2.73 bits per heavy atom. The molecular weight excluding hydrogens is 276 g/mol. The molecule has 114 valence electrons. The summed E-state index contributed by atoms with van der Waals surface area (Å²) in [4.78, 5) is 14.5. The zero-order chi connectivity index (χ0) is 15.5. The minimum Gasteiger partial charge on any atom is -0.486 e. The first-order chi connectivity index (χ1) is 10.7. The zero-order valence-electron chi connectivity index (χ0n) is 12.7. The number of nitrogens with two attached hydrogens (primary N) is 1. The fraction of sp³-hybridized carbons (Fsp3) is 0.278. The second-order valence-corrected chi connectivity index (χ2v) is 5.51. The number of ketones is 1. The topological polar surface area (TPSA) is 55.6 Å². The molecule has 2 aromatic carbocycles. The van der Waals surface area contributed by atoms with E-state index >= 15 is 0 Å². The molecule has 1 atom stereocenters. The number of benzene rings is 2. The van der Waals surface area contributed by atoms with Gasteiger partial charge in [0.15, 0.2) is 5.78 Å². The van der Waals surface area contributed by atoms with Gasteiger partial charge in [-0.1, -0.05) is 43.3 Å². The van der Waals surface area contributed by atoms with Crippen LogP contribution in [0.2, 0.25) is 0 Å². The molecule has 2 N–H and O–H groups in total. The number of hydrogen-bond donors (Lipinski definition) is 1. The van der Waals surface area contributed by atoms with Crippen molar-refractivity contribution in [2.24, 2.45) is 0 Å². The SMILES string of the molecule is CCC1CN(CC(=O)c2ccccc2)c2c(N)cccc2O1. The van der Waals surface area contributed by atoms with E-state index in [0.29, 0.717) is 18.8 Å². The van der Waals surface area contributed by atoms with Gasteiger partial charge in [-0.2, -0.15) is 0 Å². The summed E-state index contributed by atoms with van der Waals surface area (Å²) in [5, 5.41) is 0. The summed E-state index contributed by atoms with van der Waals surface area (Å²) >= 11 is 0. The largest absolute Gasteiger partial charge is 0.486 e. The van der Waals surface area contributed by atoms with E-state index in [1.807, 2.05) is 53.4 Å². The molecule has 0 bridgehead atoms. The highest BCUT2D eigenvalue weighted by molar-refractivity contribution is 6.00. The van der Waals surface area contributed by atoms with Crippen LogP contribution in [-0.4, -0.2) is 25.0 Å². The standard InChI is InChI=1S/C18H20N2O2/c1-2-14-11-20(12-16(21)13-7-4-3-5-8-13)18-15(19)9-6-10-17(18)22-14/h3-10,14H,2,11-12,19H2,1H3. The molecule has 0 saturated carbocycles. The van der Waals surface area contributed by atoms with Crippen LogP contribution in [0.1, 0.15) is 23.7 Å². The number of rotatable bonds is 4. The Bertz CT molecular complexity index is 670. The van der Waals surface area contributed by atoms with Crippen molar-refractivity contribution in [3.8, 4) is 5.75 Å². The molecule has 0 spiro atoms. The lowest BCUT2D eigenvalue weighted by molar-refractivity contribution is 0.0992. The predicted octanol–water partition coefficient (Wildman–Crippen LogP) is 3.13. The fourth-order valence-electron chi connectivity index (χ4n) is 2.77. The molecule has 3 rings (SSSR count). The van der Waals surface area contributed by atoms with Crippen LogP contribution in [0.25, 0.3) is 0 Å². The van der Waals surface area contributed by atoms with Gasteiger partial charge < -0.3 is 15.4 Å². The van der Waals surface area contributed by atoms with Crippen LogP contribution in [0.3, 0.4) is 0 Å². The van der Waals surface area contributed by atoms with Crippen LogP contribution < -0.4 is 15.4 Å². The Kier molecular flexibility index (Phi) is 4.00. The maximum atomic E-state index is 12.5. The van der Waals surface area contributed by atoms with E-state index in [2.05, 4.69) is 6.92 Å². The van der Waals surface area contributed by atoms with E-state index in [9.17, 15) is 4.79 Å². The second-order valence-electron chi connectivity index (χ2n) is 5.51. The molecule has 1 aliphatic heterocycles. The molecule has 0 radical (unpaired) electrons. The summed E-state index contributed by atoms with van der Waals surface area (Å²) in [7, 11) is 0. The summed E-state index contributed by atoms with van der Waals surface area (Å²) < 4.78 is 5.95. The summed E-state index contributed by atoms with van der Waals surface area (Å²) in [6.45, 7) is 3.07. The van der Waals surface area contributed by atoms with Crippen molar-refractivity contribution in [2.75, 3.05) is 23.7 Å². The van der Waals surface area contributed by atoms with Crippen molar-refractivity contribution in [1.29, 1.82) is 0 Å². The van der Waals surface area contributed by atoms with Crippen molar-refractivity contribution in [3.05, 3.63) is 54.1 Å². The number of ether oxygens (including phenoxy) is 1. The van der Waals surface area contributed by atoms with E-state index in [-0.39, 0.29) is 11.9 Å². The van der Waals surface area contributed by atoms with Crippen molar-refractivity contribution >= 4 is 17.2 Å². The van der Waals surface area contributed by atoms with Gasteiger partial charge >= 0.3 is 0 Å². The lowest BCUT2D eigenvalue weighted by atomic mass is 10.1. The second kappa shape index (κ2) is 6.10. The van der Waals surface area contributed by atoms with Gasteiger partial charge in [0.2, 0.25) is 0 Å². The summed E-state index contributed by atoms with van der Waals surface area (Å²) in [5.41, 5.74) is 8.30. The van der Waals surface area contributed by atoms with E-state index in [1.54, 1.807) is 0 Å². The van der Waals surface area contributed by atoms with Gasteiger partial charge in [0, 0.05) is 5.56 Å². The highest BCUT2D eigenvalue weighted by Crippen LogP contribution is 2.38. The molecule has 1 aliphatic rings. The normalized spacial score (nSPS) is 16.8. The van der Waals surface area contributed by atoms with Gasteiger partial charge in [-0.25, -0.2) is 0 Å². The number of Topliss-reactive ketones (excluding diaryl/α,β-unsaturated/α-hetero) is 1. The van der Waals surface area contributed by atoms with Crippen LogP contribution in [0.15, 0.2) is 48.5 Å². The van der Waals surface area contributed by atoms with Crippen molar-refractivity contribution < 1.29 is 9.53 Å². The number of fused-ring (bicyclic) bond motifs is 1. The van der Waals surface area contributed by atoms with Gasteiger partial charge in [-0.05, 0) is 18.6 Å². The molecule has 0 amide bonds. The number of para-hydroxylation sites is 1. The molecule has 0 aromatic heterocycles. The third-order valence-electron chi connectivity index (χ3n) is 3.95. The maximum absolute atomic E-state index is 12.5. The Balaban J connectivity index is 1.88. The number of carbonyl (C=O) groups is 1. The first-order valence-electron chi connectivity index (χ1n) is 7.57. The smallest absolute Gasteiger partial charge is 0.182 e. The first kappa shape index (κ1) is 14.4. The van der Waals surface area contributed by atoms with Crippen LogP contribution in [0, 0.1) is 0 Å². The third-order valence-corrected chi connectivity index (χ3v) is 3.95. The Labute approximate surface area is 130 Å². The number of hydrogen-bond acceptors (Lipinski definition) is 4. The first-order valence-corrected chi connectivity index (χ1v) is 7.57. The quantitative estimate of drug-likeness (QED) is 0.695. The molecule has 0 saturated heterocycles. The van der Waals surface area contributed by atoms with E-state index in [4.69, 9.17) is 10.5 Å². The van der Waals surface area contributed by atoms with Gasteiger partial charge in [0.1, 0.15) is 17.5 Å². The number of carbonyl (C=O) groups excluding carboxylic acids is 1. The number of anilines is 2. The van der Waals surface area contributed by atoms with Crippen LogP contribution in [0.5, 0.6) is 5.75 Å². The molecule has 0 aliphatic carbocycles. The Hall–Kier alpha value is -2.49.